The summed E-state index contributed by atoms with van der Waals surface area (Å²) in [5.74, 6) is -2.99. The van der Waals surface area contributed by atoms with Crippen LogP contribution in [0.3, 0.4) is 0 Å². The van der Waals surface area contributed by atoms with Gasteiger partial charge in [-0.15, -0.1) is 0 Å². The Morgan fingerprint density at radius 2 is 1.83 bits per heavy atom. The summed E-state index contributed by atoms with van der Waals surface area (Å²) in [5.41, 5.74) is 0. The second-order valence-corrected chi connectivity index (χ2v) is 3.97. The van der Waals surface area contributed by atoms with E-state index in [-0.39, 0.29) is 12.5 Å². The van der Waals surface area contributed by atoms with Gasteiger partial charge in [-0.3, -0.25) is 14.4 Å². The number of nitrogens with one attached hydrogen (secondary N) is 1. The normalized spacial score (nSPS) is 19.2. The van der Waals surface area contributed by atoms with E-state index < -0.39 is 30.9 Å². The monoisotopic (exact) mass is 260 g/mol. The molecule has 0 aromatic carbocycles. The average Bonchev–Trinajstić information content (AvgIpc) is 2.28. The molecular weight excluding hydrogens is 244 g/mol. The number of morpholine rings is 1. The number of nitrogens with zero attached hydrogens (tertiary/aromatic N) is 1. The molecule has 1 saturated heterocycles. The smallest absolute Gasteiger partial charge is 0.323 e. The van der Waals surface area contributed by atoms with Gasteiger partial charge >= 0.3 is 11.9 Å². The van der Waals surface area contributed by atoms with Crippen molar-refractivity contribution in [2.75, 3.05) is 32.8 Å². The highest BCUT2D eigenvalue weighted by molar-refractivity contribution is 5.85. The van der Waals surface area contributed by atoms with E-state index in [1.54, 1.807) is 0 Å². The first-order valence-electron chi connectivity index (χ1n) is 5.51. The van der Waals surface area contributed by atoms with Gasteiger partial charge in [0.2, 0.25) is 5.91 Å². The van der Waals surface area contributed by atoms with Crippen LogP contribution in [0.5, 0.6) is 0 Å². The maximum Gasteiger partial charge on any atom is 0.323 e. The van der Waals surface area contributed by atoms with Gasteiger partial charge in [-0.05, 0) is 0 Å². The Morgan fingerprint density at radius 1 is 1.22 bits per heavy atom. The van der Waals surface area contributed by atoms with Crippen LogP contribution in [0.4, 0.5) is 0 Å². The van der Waals surface area contributed by atoms with Crippen molar-refractivity contribution >= 4 is 17.8 Å². The third-order valence-corrected chi connectivity index (χ3v) is 2.42. The standard InChI is InChI=1S/C10H16N2O6/c13-8(3-7-6-18-2-1-11-7)12(4-9(14)15)5-10(16)17/h7,11H,1-6H2,(H,14,15)(H,16,17). The fraction of sp³-hybridized carbons (Fsp3) is 0.700. The van der Waals surface area contributed by atoms with Crippen molar-refractivity contribution < 1.29 is 29.3 Å². The highest BCUT2D eigenvalue weighted by Crippen LogP contribution is 2.03. The van der Waals surface area contributed by atoms with Crippen LogP contribution in [0.15, 0.2) is 0 Å². The second-order valence-electron chi connectivity index (χ2n) is 3.97. The number of aliphatic carboxylic acids is 2. The molecule has 1 aliphatic heterocycles. The largest absolute Gasteiger partial charge is 0.480 e. The van der Waals surface area contributed by atoms with Crippen molar-refractivity contribution in [1.29, 1.82) is 0 Å². The molecule has 1 amide bonds. The third-order valence-electron chi connectivity index (χ3n) is 2.42. The molecule has 0 spiro atoms. The Morgan fingerprint density at radius 3 is 2.28 bits per heavy atom. The highest BCUT2D eigenvalue weighted by Gasteiger charge is 2.24. The third kappa shape index (κ3) is 5.11. The number of hydrogen-bond acceptors (Lipinski definition) is 5. The Kier molecular flexibility index (Phi) is 5.53. The molecule has 1 heterocycles. The maximum atomic E-state index is 11.8. The molecule has 8 heteroatoms. The molecule has 1 aliphatic rings. The van der Waals surface area contributed by atoms with Gasteiger partial charge in [0.15, 0.2) is 0 Å². The summed E-state index contributed by atoms with van der Waals surface area (Å²) in [6, 6.07) is -0.198. The summed E-state index contributed by atoms with van der Waals surface area (Å²) >= 11 is 0. The summed E-state index contributed by atoms with van der Waals surface area (Å²) in [6.07, 6.45) is 0.0283. The van der Waals surface area contributed by atoms with Gasteiger partial charge in [-0.1, -0.05) is 0 Å². The molecule has 1 unspecified atom stereocenters. The van der Waals surface area contributed by atoms with Crippen LogP contribution in [-0.2, 0) is 19.1 Å². The van der Waals surface area contributed by atoms with Crippen molar-refractivity contribution in [2.45, 2.75) is 12.5 Å². The van der Waals surface area contributed by atoms with E-state index >= 15 is 0 Å². The number of amides is 1. The van der Waals surface area contributed by atoms with E-state index in [0.29, 0.717) is 19.8 Å². The summed E-state index contributed by atoms with van der Waals surface area (Å²) in [5, 5.41) is 20.3. The Balaban J connectivity index is 2.51. The van der Waals surface area contributed by atoms with Crippen LogP contribution >= 0.6 is 0 Å². The lowest BCUT2D eigenvalue weighted by Crippen LogP contribution is -2.47. The number of rotatable bonds is 6. The number of carbonyl (C=O) groups is 3. The minimum Gasteiger partial charge on any atom is -0.480 e. The molecule has 3 N–H and O–H groups in total. The molecule has 0 aromatic rings. The number of hydrogen-bond donors (Lipinski definition) is 3. The molecule has 102 valence electrons. The molecule has 0 aliphatic carbocycles. The molecule has 0 bridgehead atoms. The van der Waals surface area contributed by atoms with Crippen LogP contribution < -0.4 is 5.32 Å². The van der Waals surface area contributed by atoms with E-state index in [4.69, 9.17) is 14.9 Å². The zero-order chi connectivity index (χ0) is 13.5. The molecule has 1 rings (SSSR count). The van der Waals surface area contributed by atoms with E-state index in [1.807, 2.05) is 0 Å². The zero-order valence-corrected chi connectivity index (χ0v) is 9.79. The van der Waals surface area contributed by atoms with Gasteiger partial charge in [0.05, 0.1) is 13.2 Å². The topological polar surface area (TPSA) is 116 Å². The van der Waals surface area contributed by atoms with E-state index in [2.05, 4.69) is 5.32 Å². The first-order valence-corrected chi connectivity index (χ1v) is 5.51. The molecule has 0 saturated carbocycles. The van der Waals surface area contributed by atoms with Gasteiger partial charge in [0.1, 0.15) is 13.1 Å². The zero-order valence-electron chi connectivity index (χ0n) is 9.79. The summed E-state index contributed by atoms with van der Waals surface area (Å²) < 4.78 is 5.16. The number of ether oxygens (including phenoxy) is 1. The summed E-state index contributed by atoms with van der Waals surface area (Å²) in [4.78, 5) is 33.7. The van der Waals surface area contributed by atoms with E-state index in [1.165, 1.54) is 0 Å². The van der Waals surface area contributed by atoms with Crippen molar-refractivity contribution in [3.8, 4) is 0 Å². The molecule has 0 radical (unpaired) electrons. The second kappa shape index (κ2) is 6.92. The van der Waals surface area contributed by atoms with Crippen LogP contribution in [0, 0.1) is 0 Å². The lowest BCUT2D eigenvalue weighted by atomic mass is 10.2. The van der Waals surface area contributed by atoms with Crippen LogP contribution in [-0.4, -0.2) is 71.8 Å². The molecule has 1 atom stereocenters. The van der Waals surface area contributed by atoms with Crippen LogP contribution in [0.25, 0.3) is 0 Å². The van der Waals surface area contributed by atoms with Crippen molar-refractivity contribution in [1.82, 2.24) is 10.2 Å². The minimum atomic E-state index is -1.24. The average molecular weight is 260 g/mol. The Bertz CT molecular complexity index is 310. The molecular formula is C10H16N2O6. The predicted octanol–water partition coefficient (Wildman–Crippen LogP) is -1.64. The first kappa shape index (κ1) is 14.4. The van der Waals surface area contributed by atoms with Gasteiger partial charge < -0.3 is 25.2 Å². The van der Waals surface area contributed by atoms with Crippen molar-refractivity contribution in [3.05, 3.63) is 0 Å². The summed E-state index contributed by atoms with van der Waals surface area (Å²) in [7, 11) is 0. The lowest BCUT2D eigenvalue weighted by molar-refractivity contribution is -0.149. The quantitative estimate of drug-likeness (QED) is 0.524. The van der Waals surface area contributed by atoms with Crippen LogP contribution in [0.1, 0.15) is 6.42 Å². The van der Waals surface area contributed by atoms with E-state index in [9.17, 15) is 14.4 Å². The first-order chi connectivity index (χ1) is 8.49. The fourth-order valence-corrected chi connectivity index (χ4v) is 1.65. The number of carbonyl (C=O) groups excluding carboxylic acids is 1. The fourth-order valence-electron chi connectivity index (χ4n) is 1.65. The summed E-state index contributed by atoms with van der Waals surface area (Å²) in [6.45, 7) is 0.325. The Labute approximate surface area is 104 Å². The number of carboxylic acid groups (broad SMARTS) is 2. The van der Waals surface area contributed by atoms with Crippen molar-refractivity contribution in [2.24, 2.45) is 0 Å². The van der Waals surface area contributed by atoms with Gasteiger partial charge in [-0.25, -0.2) is 0 Å². The molecule has 0 aromatic heterocycles. The van der Waals surface area contributed by atoms with Crippen molar-refractivity contribution in [3.63, 3.8) is 0 Å². The number of carboxylic acids is 2. The SMILES string of the molecule is O=C(O)CN(CC(=O)O)C(=O)CC1COCCN1. The van der Waals surface area contributed by atoms with E-state index in [0.717, 1.165) is 4.90 Å². The molecule has 1 fully saturated rings. The van der Waals surface area contributed by atoms with Gasteiger partial charge in [-0.2, -0.15) is 0 Å². The van der Waals surface area contributed by atoms with Gasteiger partial charge in [0, 0.05) is 19.0 Å². The van der Waals surface area contributed by atoms with Crippen LogP contribution in [0.2, 0.25) is 0 Å². The predicted molar refractivity (Wildman–Crippen MR) is 59.1 cm³/mol. The maximum absolute atomic E-state index is 11.8. The Hall–Kier alpha value is -1.67. The molecule has 8 nitrogen and oxygen atoms in total. The minimum absolute atomic E-state index is 0.0283. The highest BCUT2D eigenvalue weighted by atomic mass is 16.5. The van der Waals surface area contributed by atoms with Gasteiger partial charge in [0.25, 0.3) is 0 Å². The lowest BCUT2D eigenvalue weighted by Gasteiger charge is -2.26. The molecule has 18 heavy (non-hydrogen) atoms.